The lowest BCUT2D eigenvalue weighted by Gasteiger charge is -2.26. The monoisotopic (exact) mass is 364 g/mol. The van der Waals surface area contributed by atoms with Gasteiger partial charge in [0.1, 0.15) is 0 Å². The predicted molar refractivity (Wildman–Crippen MR) is 102 cm³/mol. The lowest BCUT2D eigenvalue weighted by atomic mass is 9.89. The third kappa shape index (κ3) is 3.74. The van der Waals surface area contributed by atoms with Crippen LogP contribution in [0, 0.1) is 5.41 Å². The smallest absolute Gasteiger partial charge is 0.339 e. The lowest BCUT2D eigenvalue weighted by Crippen LogP contribution is -2.39. The van der Waals surface area contributed by atoms with E-state index in [4.69, 9.17) is 4.74 Å². The van der Waals surface area contributed by atoms with Gasteiger partial charge in [0.2, 0.25) is 6.10 Å². The van der Waals surface area contributed by atoms with E-state index in [1.807, 2.05) is 12.1 Å². The number of carbonyl (C=O) groups excluding carboxylic acids is 2. The normalized spacial score (nSPS) is 24.5. The van der Waals surface area contributed by atoms with E-state index < -0.39 is 12.1 Å². The average molecular weight is 364 g/mol. The number of esters is 1. The van der Waals surface area contributed by atoms with E-state index in [0.717, 1.165) is 26.1 Å². The van der Waals surface area contributed by atoms with Gasteiger partial charge in [0, 0.05) is 25.2 Å². The van der Waals surface area contributed by atoms with E-state index in [1.54, 1.807) is 18.2 Å². The van der Waals surface area contributed by atoms with Gasteiger partial charge >= 0.3 is 5.97 Å². The van der Waals surface area contributed by atoms with E-state index in [2.05, 4.69) is 41.4 Å². The van der Waals surface area contributed by atoms with E-state index in [0.29, 0.717) is 17.7 Å². The second-order valence-corrected chi connectivity index (χ2v) is 7.85. The van der Waals surface area contributed by atoms with Gasteiger partial charge in [-0.15, -0.1) is 0 Å². The van der Waals surface area contributed by atoms with Crippen LogP contribution in [0.5, 0.6) is 0 Å². The Balaban J connectivity index is 1.34. The molecule has 0 spiro atoms. The van der Waals surface area contributed by atoms with Crippen LogP contribution in [0.4, 0.5) is 0 Å². The molecule has 1 fully saturated rings. The van der Waals surface area contributed by atoms with Crippen LogP contribution < -0.4 is 5.32 Å². The highest BCUT2D eigenvalue weighted by Gasteiger charge is 2.38. The summed E-state index contributed by atoms with van der Waals surface area (Å²) in [5.41, 5.74) is 2.47. The summed E-state index contributed by atoms with van der Waals surface area (Å²) in [6, 6.07) is 17.5. The van der Waals surface area contributed by atoms with Crippen molar-refractivity contribution in [2.45, 2.75) is 26.0 Å². The molecule has 1 N–H and O–H groups in total. The van der Waals surface area contributed by atoms with E-state index >= 15 is 0 Å². The Morgan fingerprint density at radius 2 is 1.93 bits per heavy atom. The number of carbonyl (C=O) groups is 2. The molecule has 2 aliphatic rings. The third-order valence-corrected chi connectivity index (χ3v) is 5.50. The number of nitrogens with zero attached hydrogens (tertiary/aromatic N) is 1. The molecule has 27 heavy (non-hydrogen) atoms. The predicted octanol–water partition coefficient (Wildman–Crippen LogP) is 2.93. The minimum atomic E-state index is -0.834. The molecule has 2 atom stereocenters. The molecule has 5 heteroatoms. The summed E-state index contributed by atoms with van der Waals surface area (Å²) >= 11 is 0. The van der Waals surface area contributed by atoms with Crippen LogP contribution in [0.1, 0.15) is 40.9 Å². The topological polar surface area (TPSA) is 58.6 Å². The maximum Gasteiger partial charge on any atom is 0.339 e. The quantitative estimate of drug-likeness (QED) is 0.829. The first kappa shape index (κ1) is 17.7. The number of fused-ring (bicyclic) bond motifs is 1. The van der Waals surface area contributed by atoms with Crippen molar-refractivity contribution in [2.24, 2.45) is 5.41 Å². The van der Waals surface area contributed by atoms with E-state index in [1.165, 1.54) is 5.56 Å². The molecule has 0 bridgehead atoms. The van der Waals surface area contributed by atoms with Gasteiger partial charge in [-0.1, -0.05) is 55.5 Å². The Morgan fingerprint density at radius 3 is 2.74 bits per heavy atom. The number of hydrogen-bond donors (Lipinski definition) is 1. The maximum atomic E-state index is 12.6. The first-order valence-electron chi connectivity index (χ1n) is 9.38. The summed E-state index contributed by atoms with van der Waals surface area (Å²) in [5.74, 6) is -0.664. The standard InChI is InChI=1S/C22H24N2O3/c1-22(11-12-24(15-22)13-16-7-3-2-4-8-16)14-23-20(25)19-17-9-5-6-10-18(17)21(26)27-19/h2-10,19H,11-15H2,1H3,(H,23,25). The number of hydrogen-bond acceptors (Lipinski definition) is 4. The van der Waals surface area contributed by atoms with Gasteiger partial charge in [-0.05, 0) is 30.0 Å². The number of benzene rings is 2. The highest BCUT2D eigenvalue weighted by molar-refractivity contribution is 5.99. The Labute approximate surface area is 159 Å². The largest absolute Gasteiger partial charge is 0.444 e. The summed E-state index contributed by atoms with van der Waals surface area (Å²) in [5, 5.41) is 3.01. The van der Waals surface area contributed by atoms with Gasteiger partial charge in [0.05, 0.1) is 5.56 Å². The number of rotatable bonds is 5. The van der Waals surface area contributed by atoms with Gasteiger partial charge in [-0.25, -0.2) is 4.79 Å². The van der Waals surface area contributed by atoms with Gasteiger partial charge in [0.15, 0.2) is 0 Å². The Bertz CT molecular complexity index is 852. The molecule has 4 rings (SSSR count). The highest BCUT2D eigenvalue weighted by atomic mass is 16.6. The second kappa shape index (κ2) is 7.16. The average Bonchev–Trinajstić information content (AvgIpc) is 3.22. The van der Waals surface area contributed by atoms with Crippen molar-refractivity contribution in [3.63, 3.8) is 0 Å². The lowest BCUT2D eigenvalue weighted by molar-refractivity contribution is -0.130. The molecule has 1 amide bonds. The van der Waals surface area contributed by atoms with Crippen molar-refractivity contribution in [2.75, 3.05) is 19.6 Å². The Hall–Kier alpha value is -2.66. The summed E-state index contributed by atoms with van der Waals surface area (Å²) in [7, 11) is 0. The summed E-state index contributed by atoms with van der Waals surface area (Å²) in [6.45, 7) is 5.66. The van der Waals surface area contributed by atoms with Crippen LogP contribution in [0.15, 0.2) is 54.6 Å². The molecular weight excluding hydrogens is 340 g/mol. The van der Waals surface area contributed by atoms with Crippen molar-refractivity contribution in [3.05, 3.63) is 71.3 Å². The van der Waals surface area contributed by atoms with E-state index in [-0.39, 0.29) is 11.3 Å². The van der Waals surface area contributed by atoms with Crippen LogP contribution in [0.25, 0.3) is 0 Å². The second-order valence-electron chi connectivity index (χ2n) is 7.85. The van der Waals surface area contributed by atoms with Crippen molar-refractivity contribution in [1.82, 2.24) is 10.2 Å². The number of ether oxygens (including phenoxy) is 1. The molecule has 2 unspecified atom stereocenters. The molecule has 0 aliphatic carbocycles. The minimum absolute atomic E-state index is 0.0204. The fourth-order valence-corrected chi connectivity index (χ4v) is 3.98. The van der Waals surface area contributed by atoms with E-state index in [9.17, 15) is 9.59 Å². The van der Waals surface area contributed by atoms with Gasteiger partial charge < -0.3 is 10.1 Å². The fraction of sp³-hybridized carbons (Fsp3) is 0.364. The van der Waals surface area contributed by atoms with Gasteiger partial charge in [-0.2, -0.15) is 0 Å². The zero-order valence-electron chi connectivity index (χ0n) is 15.5. The van der Waals surface area contributed by atoms with Gasteiger partial charge in [0.25, 0.3) is 5.91 Å². The van der Waals surface area contributed by atoms with Crippen molar-refractivity contribution >= 4 is 11.9 Å². The van der Waals surface area contributed by atoms with Crippen LogP contribution in [-0.2, 0) is 16.1 Å². The molecular formula is C22H24N2O3. The third-order valence-electron chi connectivity index (χ3n) is 5.50. The summed E-state index contributed by atoms with van der Waals surface area (Å²) in [6.07, 6.45) is 0.195. The van der Waals surface area contributed by atoms with Crippen LogP contribution >= 0.6 is 0 Å². The zero-order valence-corrected chi connectivity index (χ0v) is 15.5. The number of cyclic esters (lactones) is 1. The first-order chi connectivity index (χ1) is 13.0. The minimum Gasteiger partial charge on any atom is -0.444 e. The number of nitrogens with one attached hydrogen (secondary N) is 1. The first-order valence-corrected chi connectivity index (χ1v) is 9.38. The van der Waals surface area contributed by atoms with Crippen LogP contribution in [-0.4, -0.2) is 36.4 Å². The molecule has 2 heterocycles. The molecule has 5 nitrogen and oxygen atoms in total. The summed E-state index contributed by atoms with van der Waals surface area (Å²) < 4.78 is 5.28. The zero-order chi connectivity index (χ0) is 18.9. The molecule has 0 radical (unpaired) electrons. The molecule has 140 valence electrons. The van der Waals surface area contributed by atoms with Crippen molar-refractivity contribution in [1.29, 1.82) is 0 Å². The molecule has 0 saturated carbocycles. The Morgan fingerprint density at radius 1 is 1.19 bits per heavy atom. The maximum absolute atomic E-state index is 12.6. The molecule has 2 aromatic carbocycles. The van der Waals surface area contributed by atoms with Crippen molar-refractivity contribution in [3.8, 4) is 0 Å². The SMILES string of the molecule is CC1(CNC(=O)C2OC(=O)c3ccccc32)CCN(Cc2ccccc2)C1. The van der Waals surface area contributed by atoms with Crippen LogP contribution in [0.3, 0.4) is 0 Å². The molecule has 2 aliphatic heterocycles. The number of amides is 1. The molecule has 2 aromatic rings. The van der Waals surface area contributed by atoms with Crippen molar-refractivity contribution < 1.29 is 14.3 Å². The highest BCUT2D eigenvalue weighted by Crippen LogP contribution is 2.32. The molecule has 1 saturated heterocycles. The van der Waals surface area contributed by atoms with Crippen LogP contribution in [0.2, 0.25) is 0 Å². The number of likely N-dealkylation sites (tertiary alicyclic amines) is 1. The summed E-state index contributed by atoms with van der Waals surface area (Å²) in [4.78, 5) is 27.0. The molecule has 0 aromatic heterocycles. The Kier molecular flexibility index (Phi) is 4.70. The fourth-order valence-electron chi connectivity index (χ4n) is 3.98. The van der Waals surface area contributed by atoms with Gasteiger partial charge in [-0.3, -0.25) is 9.69 Å².